The van der Waals surface area contributed by atoms with E-state index in [2.05, 4.69) is 15.6 Å². The van der Waals surface area contributed by atoms with Gasteiger partial charge in [0.05, 0.1) is 12.8 Å². The van der Waals surface area contributed by atoms with E-state index in [4.69, 9.17) is 10.5 Å². The predicted molar refractivity (Wildman–Crippen MR) is 96.2 cm³/mol. The van der Waals surface area contributed by atoms with Gasteiger partial charge in [0.25, 0.3) is 5.91 Å². The van der Waals surface area contributed by atoms with E-state index in [1.54, 1.807) is 31.4 Å². The second-order valence-corrected chi connectivity index (χ2v) is 5.63. The summed E-state index contributed by atoms with van der Waals surface area (Å²) in [6.07, 6.45) is 0. The maximum atomic E-state index is 12.5. The monoisotopic (exact) mass is 337 g/mol. The van der Waals surface area contributed by atoms with Crippen LogP contribution in [-0.4, -0.2) is 28.0 Å². The molecule has 3 rings (SSSR count). The molecule has 3 N–H and O–H groups in total. The van der Waals surface area contributed by atoms with Gasteiger partial charge in [-0.3, -0.25) is 4.79 Å². The standard InChI is InChI=1S/C18H19N5O2/c1-11-5-4-6-15(12(11)2)20-18(24)16-17(19)23(22-21-16)13-7-9-14(25-3)10-8-13/h4-10H,19H2,1-3H3,(H,20,24). The third kappa shape index (κ3) is 3.16. The van der Waals surface area contributed by atoms with E-state index in [9.17, 15) is 4.79 Å². The molecule has 0 aliphatic rings. The zero-order valence-electron chi connectivity index (χ0n) is 14.3. The lowest BCUT2D eigenvalue weighted by atomic mass is 10.1. The molecular formula is C18H19N5O2. The topological polar surface area (TPSA) is 95.1 Å². The number of nitrogens with two attached hydrogens (primary N) is 1. The van der Waals surface area contributed by atoms with Crippen LogP contribution in [0.15, 0.2) is 42.5 Å². The van der Waals surface area contributed by atoms with E-state index >= 15 is 0 Å². The number of nitrogens with one attached hydrogen (secondary N) is 1. The summed E-state index contributed by atoms with van der Waals surface area (Å²) >= 11 is 0. The number of nitrogen functional groups attached to an aromatic ring is 1. The van der Waals surface area contributed by atoms with Crippen LogP contribution in [-0.2, 0) is 0 Å². The van der Waals surface area contributed by atoms with Crippen molar-refractivity contribution in [3.63, 3.8) is 0 Å². The van der Waals surface area contributed by atoms with Gasteiger partial charge < -0.3 is 15.8 Å². The van der Waals surface area contributed by atoms with Crippen LogP contribution in [0.4, 0.5) is 11.5 Å². The molecule has 0 bridgehead atoms. The van der Waals surface area contributed by atoms with E-state index in [-0.39, 0.29) is 11.5 Å². The van der Waals surface area contributed by atoms with Crippen LogP contribution < -0.4 is 15.8 Å². The van der Waals surface area contributed by atoms with E-state index in [0.717, 1.165) is 22.6 Å². The van der Waals surface area contributed by atoms with Crippen molar-refractivity contribution in [2.24, 2.45) is 0 Å². The van der Waals surface area contributed by atoms with Crippen LogP contribution in [0.3, 0.4) is 0 Å². The van der Waals surface area contributed by atoms with Gasteiger partial charge in [0.2, 0.25) is 0 Å². The highest BCUT2D eigenvalue weighted by Gasteiger charge is 2.19. The van der Waals surface area contributed by atoms with Crippen molar-refractivity contribution in [3.05, 3.63) is 59.3 Å². The SMILES string of the molecule is COc1ccc(-n2nnc(C(=O)Nc3cccc(C)c3C)c2N)cc1. The quantitative estimate of drug-likeness (QED) is 0.763. The van der Waals surface area contributed by atoms with Crippen molar-refractivity contribution < 1.29 is 9.53 Å². The van der Waals surface area contributed by atoms with Gasteiger partial charge in [-0.25, -0.2) is 0 Å². The molecule has 0 unspecified atom stereocenters. The van der Waals surface area contributed by atoms with Crippen molar-refractivity contribution in [1.82, 2.24) is 15.0 Å². The van der Waals surface area contributed by atoms with Crippen LogP contribution in [0.25, 0.3) is 5.69 Å². The first-order valence-corrected chi connectivity index (χ1v) is 7.74. The predicted octanol–water partition coefficient (Wildman–Crippen LogP) is 2.73. The molecule has 7 nitrogen and oxygen atoms in total. The molecule has 0 spiro atoms. The molecule has 0 aliphatic carbocycles. The Bertz CT molecular complexity index is 916. The van der Waals surface area contributed by atoms with Crippen molar-refractivity contribution in [2.75, 3.05) is 18.2 Å². The molecule has 0 aliphatic heterocycles. The number of rotatable bonds is 4. The molecule has 1 amide bonds. The summed E-state index contributed by atoms with van der Waals surface area (Å²) in [4.78, 5) is 12.5. The van der Waals surface area contributed by atoms with Crippen LogP contribution >= 0.6 is 0 Å². The molecule has 0 radical (unpaired) electrons. The summed E-state index contributed by atoms with van der Waals surface area (Å²) in [5, 5.41) is 10.7. The summed E-state index contributed by atoms with van der Waals surface area (Å²) in [6, 6.07) is 12.9. The first kappa shape index (κ1) is 16.5. The molecule has 0 fully saturated rings. The summed E-state index contributed by atoms with van der Waals surface area (Å²) in [7, 11) is 1.59. The molecular weight excluding hydrogens is 318 g/mol. The lowest BCUT2D eigenvalue weighted by molar-refractivity contribution is 0.102. The molecule has 0 atom stereocenters. The number of aromatic nitrogens is 3. The first-order valence-electron chi connectivity index (χ1n) is 7.74. The number of amides is 1. The van der Waals surface area contributed by atoms with Gasteiger partial charge in [-0.2, -0.15) is 4.68 Å². The number of nitrogens with zero attached hydrogens (tertiary/aromatic N) is 3. The number of aryl methyl sites for hydroxylation is 1. The Labute approximate surface area is 145 Å². The third-order valence-electron chi connectivity index (χ3n) is 4.09. The smallest absolute Gasteiger partial charge is 0.280 e. The fourth-order valence-corrected chi connectivity index (χ4v) is 2.43. The van der Waals surface area contributed by atoms with E-state index < -0.39 is 5.91 Å². The molecule has 25 heavy (non-hydrogen) atoms. The summed E-state index contributed by atoms with van der Waals surface area (Å²) < 4.78 is 6.54. The van der Waals surface area contributed by atoms with Crippen molar-refractivity contribution in [2.45, 2.75) is 13.8 Å². The second kappa shape index (κ2) is 6.64. The number of anilines is 2. The number of hydrogen-bond acceptors (Lipinski definition) is 5. The number of carbonyl (C=O) groups is 1. The highest BCUT2D eigenvalue weighted by molar-refractivity contribution is 6.06. The Morgan fingerprint density at radius 2 is 1.88 bits per heavy atom. The Kier molecular flexibility index (Phi) is 4.38. The highest BCUT2D eigenvalue weighted by atomic mass is 16.5. The Morgan fingerprint density at radius 3 is 2.56 bits per heavy atom. The van der Waals surface area contributed by atoms with Gasteiger partial charge >= 0.3 is 0 Å². The average Bonchev–Trinajstić information content (AvgIpc) is 3.00. The molecule has 128 valence electrons. The van der Waals surface area contributed by atoms with Crippen LogP contribution in [0, 0.1) is 13.8 Å². The fraction of sp³-hybridized carbons (Fsp3) is 0.167. The third-order valence-corrected chi connectivity index (χ3v) is 4.09. The highest BCUT2D eigenvalue weighted by Crippen LogP contribution is 2.21. The minimum absolute atomic E-state index is 0.0803. The average molecular weight is 337 g/mol. The molecule has 0 saturated carbocycles. The van der Waals surface area contributed by atoms with Crippen LogP contribution in [0.5, 0.6) is 5.75 Å². The minimum atomic E-state index is -0.397. The normalized spacial score (nSPS) is 10.5. The molecule has 2 aromatic carbocycles. The van der Waals surface area contributed by atoms with Gasteiger partial charge in [0.15, 0.2) is 11.5 Å². The second-order valence-electron chi connectivity index (χ2n) is 5.63. The molecule has 3 aromatic rings. The van der Waals surface area contributed by atoms with E-state index in [0.29, 0.717) is 5.69 Å². The molecule has 7 heteroatoms. The number of ether oxygens (including phenoxy) is 1. The maximum Gasteiger partial charge on any atom is 0.280 e. The summed E-state index contributed by atoms with van der Waals surface area (Å²) in [6.45, 7) is 3.93. The Morgan fingerprint density at radius 1 is 1.16 bits per heavy atom. The van der Waals surface area contributed by atoms with Crippen molar-refractivity contribution in [3.8, 4) is 11.4 Å². The number of hydrogen-bond donors (Lipinski definition) is 2. The van der Waals surface area contributed by atoms with E-state index in [1.807, 2.05) is 32.0 Å². The zero-order chi connectivity index (χ0) is 18.0. The van der Waals surface area contributed by atoms with Crippen molar-refractivity contribution in [1.29, 1.82) is 0 Å². The van der Waals surface area contributed by atoms with Crippen molar-refractivity contribution >= 4 is 17.4 Å². The van der Waals surface area contributed by atoms with Gasteiger partial charge in [-0.05, 0) is 55.3 Å². The molecule has 1 aromatic heterocycles. The Balaban J connectivity index is 1.87. The Hall–Kier alpha value is -3.35. The van der Waals surface area contributed by atoms with Crippen LogP contribution in [0.2, 0.25) is 0 Å². The first-order chi connectivity index (χ1) is 12.0. The largest absolute Gasteiger partial charge is 0.497 e. The molecule has 1 heterocycles. The van der Waals surface area contributed by atoms with Gasteiger partial charge in [0, 0.05) is 5.69 Å². The number of carbonyl (C=O) groups excluding carboxylic acids is 1. The lowest BCUT2D eigenvalue weighted by Crippen LogP contribution is -2.16. The number of methoxy groups -OCH3 is 1. The zero-order valence-corrected chi connectivity index (χ0v) is 14.3. The van der Waals surface area contributed by atoms with Gasteiger partial charge in [-0.15, -0.1) is 5.10 Å². The van der Waals surface area contributed by atoms with Gasteiger partial charge in [-0.1, -0.05) is 17.3 Å². The van der Waals surface area contributed by atoms with Crippen LogP contribution in [0.1, 0.15) is 21.6 Å². The summed E-state index contributed by atoms with van der Waals surface area (Å²) in [5.41, 5.74) is 9.66. The van der Waals surface area contributed by atoms with Gasteiger partial charge in [0.1, 0.15) is 5.75 Å². The summed E-state index contributed by atoms with van der Waals surface area (Å²) in [5.74, 6) is 0.495. The maximum absolute atomic E-state index is 12.5. The van der Waals surface area contributed by atoms with E-state index in [1.165, 1.54) is 4.68 Å². The minimum Gasteiger partial charge on any atom is -0.497 e. The number of benzene rings is 2. The molecule has 0 saturated heterocycles. The lowest BCUT2D eigenvalue weighted by Gasteiger charge is -2.09. The fourth-order valence-electron chi connectivity index (χ4n) is 2.43.